The molecule has 6 nitrogen and oxygen atoms in total. The first-order chi connectivity index (χ1) is 13.7. The van der Waals surface area contributed by atoms with Crippen LogP contribution in [0.2, 0.25) is 0 Å². The Hall–Kier alpha value is -1.81. The average Bonchev–Trinajstić information content (AvgIpc) is 3.26. The van der Waals surface area contributed by atoms with Crippen LogP contribution < -0.4 is 15.5 Å². The zero-order chi connectivity index (χ0) is 19.8. The van der Waals surface area contributed by atoms with Crippen LogP contribution in [0.15, 0.2) is 46.8 Å². The van der Waals surface area contributed by atoms with Gasteiger partial charge in [-0.05, 0) is 49.1 Å². The van der Waals surface area contributed by atoms with Gasteiger partial charge < -0.3 is 20.4 Å². The first-order valence-corrected chi connectivity index (χ1v) is 10.8. The highest BCUT2D eigenvalue weighted by Crippen LogP contribution is 2.22. The number of hydrogen-bond donors (Lipinski definition) is 2. The molecule has 2 heterocycles. The number of halogens is 1. The van der Waals surface area contributed by atoms with Crippen molar-refractivity contribution in [1.82, 2.24) is 15.5 Å². The number of carbonyl (C=O) groups excluding carboxylic acids is 1. The van der Waals surface area contributed by atoms with Gasteiger partial charge in [-0.2, -0.15) is 0 Å². The number of carbonyl (C=O) groups is 1. The second kappa shape index (κ2) is 12.0. The summed E-state index contributed by atoms with van der Waals surface area (Å²) in [5.74, 6) is 0.904. The Labute approximate surface area is 194 Å². The highest BCUT2D eigenvalue weighted by Gasteiger charge is 2.20. The summed E-state index contributed by atoms with van der Waals surface area (Å²) in [6.45, 7) is 9.92. The predicted molar refractivity (Wildman–Crippen MR) is 133 cm³/mol. The quantitative estimate of drug-likeness (QED) is 0.344. The van der Waals surface area contributed by atoms with Gasteiger partial charge in [0.1, 0.15) is 0 Å². The molecule has 0 atom stereocenters. The summed E-state index contributed by atoms with van der Waals surface area (Å²) in [6.07, 6.45) is 0. The number of aliphatic imine (C=N–C) groups is 1. The Kier molecular flexibility index (Phi) is 9.72. The van der Waals surface area contributed by atoms with Crippen LogP contribution in [0, 0.1) is 0 Å². The van der Waals surface area contributed by atoms with Crippen molar-refractivity contribution in [3.63, 3.8) is 0 Å². The molecule has 1 amide bonds. The van der Waals surface area contributed by atoms with E-state index in [4.69, 9.17) is 4.99 Å². The minimum absolute atomic E-state index is 0. The highest BCUT2D eigenvalue weighted by molar-refractivity contribution is 14.0. The van der Waals surface area contributed by atoms with E-state index < -0.39 is 0 Å². The summed E-state index contributed by atoms with van der Waals surface area (Å²) in [6, 6.07) is 12.0. The van der Waals surface area contributed by atoms with E-state index >= 15 is 0 Å². The van der Waals surface area contributed by atoms with E-state index in [1.807, 2.05) is 31.2 Å². The normalized spacial score (nSPS) is 14.3. The number of rotatable bonds is 6. The van der Waals surface area contributed by atoms with Gasteiger partial charge in [0.25, 0.3) is 5.91 Å². The van der Waals surface area contributed by atoms with Gasteiger partial charge in [-0.3, -0.25) is 4.79 Å². The van der Waals surface area contributed by atoms with Crippen LogP contribution in [0.1, 0.15) is 29.8 Å². The van der Waals surface area contributed by atoms with Gasteiger partial charge in [-0.25, -0.2) is 4.99 Å². The van der Waals surface area contributed by atoms with Gasteiger partial charge in [0.2, 0.25) is 0 Å². The maximum atomic E-state index is 12.0. The standard InChI is InChI=1S/C21H29N5OS.HI/c1-3-22-20(27)18-8-5-7-17(15-18)16-24-21(23-4-2)26-12-10-25(11-13-26)19-9-6-14-28-19;/h5-9,14-15H,3-4,10-13,16H2,1-2H3,(H,22,27)(H,23,24);1H. The first kappa shape index (κ1) is 23.5. The topological polar surface area (TPSA) is 60.0 Å². The van der Waals surface area contributed by atoms with E-state index in [0.717, 1.165) is 44.2 Å². The molecule has 0 saturated carbocycles. The zero-order valence-corrected chi connectivity index (χ0v) is 20.2. The number of piperazine rings is 1. The molecule has 0 aliphatic carbocycles. The van der Waals surface area contributed by atoms with Crippen LogP contribution in [0.25, 0.3) is 0 Å². The van der Waals surface area contributed by atoms with Gasteiger partial charge in [-0.15, -0.1) is 35.3 Å². The lowest BCUT2D eigenvalue weighted by Crippen LogP contribution is -2.52. The van der Waals surface area contributed by atoms with E-state index in [0.29, 0.717) is 18.7 Å². The minimum Gasteiger partial charge on any atom is -0.360 e. The Balaban J connectivity index is 0.00000300. The molecule has 0 bridgehead atoms. The van der Waals surface area contributed by atoms with Crippen molar-refractivity contribution in [2.24, 2.45) is 4.99 Å². The number of nitrogens with zero attached hydrogens (tertiary/aromatic N) is 3. The molecular formula is C21H30IN5OS. The fraction of sp³-hybridized carbons (Fsp3) is 0.429. The second-order valence-electron chi connectivity index (χ2n) is 6.66. The van der Waals surface area contributed by atoms with Gasteiger partial charge >= 0.3 is 0 Å². The smallest absolute Gasteiger partial charge is 0.251 e. The molecule has 0 unspecified atom stereocenters. The highest BCUT2D eigenvalue weighted by atomic mass is 127. The maximum Gasteiger partial charge on any atom is 0.251 e. The van der Waals surface area contributed by atoms with Gasteiger partial charge in [0.15, 0.2) is 5.96 Å². The first-order valence-electron chi connectivity index (χ1n) is 9.90. The van der Waals surface area contributed by atoms with Crippen LogP contribution in [0.5, 0.6) is 0 Å². The molecule has 0 spiro atoms. The Morgan fingerprint density at radius 2 is 1.83 bits per heavy atom. The van der Waals surface area contributed by atoms with Crippen LogP contribution >= 0.6 is 35.3 Å². The zero-order valence-electron chi connectivity index (χ0n) is 17.1. The summed E-state index contributed by atoms with van der Waals surface area (Å²) >= 11 is 1.79. The molecular weight excluding hydrogens is 497 g/mol. The molecule has 158 valence electrons. The van der Waals surface area contributed by atoms with Crippen LogP contribution in [0.4, 0.5) is 5.00 Å². The van der Waals surface area contributed by atoms with Gasteiger partial charge in [0, 0.05) is 44.8 Å². The number of amides is 1. The van der Waals surface area contributed by atoms with Crippen LogP contribution in [-0.2, 0) is 6.54 Å². The van der Waals surface area contributed by atoms with Crippen molar-refractivity contribution in [1.29, 1.82) is 0 Å². The molecule has 2 N–H and O–H groups in total. The third kappa shape index (κ3) is 6.60. The number of thiophene rings is 1. The number of benzene rings is 1. The summed E-state index contributed by atoms with van der Waals surface area (Å²) in [4.78, 5) is 21.6. The number of nitrogens with one attached hydrogen (secondary N) is 2. The third-order valence-corrected chi connectivity index (χ3v) is 5.60. The molecule has 0 radical (unpaired) electrons. The third-order valence-electron chi connectivity index (χ3n) is 4.67. The molecule has 3 rings (SSSR count). The molecule has 1 aliphatic rings. The second-order valence-corrected chi connectivity index (χ2v) is 7.58. The molecule has 2 aromatic rings. The summed E-state index contributed by atoms with van der Waals surface area (Å²) in [5.41, 5.74) is 1.72. The Morgan fingerprint density at radius 1 is 1.07 bits per heavy atom. The van der Waals surface area contributed by atoms with Crippen molar-refractivity contribution in [3.8, 4) is 0 Å². The molecule has 1 aromatic heterocycles. The molecule has 1 aliphatic heterocycles. The number of hydrogen-bond acceptors (Lipinski definition) is 4. The lowest BCUT2D eigenvalue weighted by atomic mass is 10.1. The van der Waals surface area contributed by atoms with E-state index in [9.17, 15) is 4.79 Å². The summed E-state index contributed by atoms with van der Waals surface area (Å²) in [5, 5.41) is 9.72. The van der Waals surface area contributed by atoms with Crippen molar-refractivity contribution in [2.75, 3.05) is 44.2 Å². The van der Waals surface area contributed by atoms with Crippen molar-refractivity contribution in [2.45, 2.75) is 20.4 Å². The van der Waals surface area contributed by atoms with E-state index in [1.165, 1.54) is 5.00 Å². The van der Waals surface area contributed by atoms with Crippen molar-refractivity contribution in [3.05, 3.63) is 52.9 Å². The van der Waals surface area contributed by atoms with E-state index in [-0.39, 0.29) is 29.9 Å². The Morgan fingerprint density at radius 3 is 2.48 bits per heavy atom. The fourth-order valence-corrected chi connectivity index (χ4v) is 4.04. The van der Waals surface area contributed by atoms with Crippen LogP contribution in [-0.4, -0.2) is 56.0 Å². The average molecular weight is 527 g/mol. The number of anilines is 1. The molecule has 1 aromatic carbocycles. The lowest BCUT2D eigenvalue weighted by molar-refractivity contribution is 0.0955. The summed E-state index contributed by atoms with van der Waals surface area (Å²) < 4.78 is 0. The fourth-order valence-electron chi connectivity index (χ4n) is 3.25. The molecule has 29 heavy (non-hydrogen) atoms. The van der Waals surface area contributed by atoms with Crippen LogP contribution in [0.3, 0.4) is 0 Å². The molecule has 8 heteroatoms. The van der Waals surface area contributed by atoms with Crippen molar-refractivity contribution < 1.29 is 4.79 Å². The SMILES string of the molecule is CCNC(=O)c1cccc(CN=C(NCC)N2CCN(c3cccs3)CC2)c1.I. The van der Waals surface area contributed by atoms with Gasteiger partial charge in [0.05, 0.1) is 11.5 Å². The lowest BCUT2D eigenvalue weighted by Gasteiger charge is -2.37. The van der Waals surface area contributed by atoms with Crippen molar-refractivity contribution >= 4 is 52.2 Å². The van der Waals surface area contributed by atoms with E-state index in [2.05, 4.69) is 44.9 Å². The number of guanidine groups is 1. The van der Waals surface area contributed by atoms with E-state index in [1.54, 1.807) is 11.3 Å². The largest absolute Gasteiger partial charge is 0.360 e. The predicted octanol–water partition coefficient (Wildman–Crippen LogP) is 3.40. The molecule has 1 fully saturated rings. The minimum atomic E-state index is -0.0371. The monoisotopic (exact) mass is 527 g/mol. The Bertz CT molecular complexity index is 788. The van der Waals surface area contributed by atoms with Gasteiger partial charge in [-0.1, -0.05) is 12.1 Å². The maximum absolute atomic E-state index is 12.0. The summed E-state index contributed by atoms with van der Waals surface area (Å²) in [7, 11) is 0. The molecule has 1 saturated heterocycles.